The van der Waals surface area contributed by atoms with E-state index in [1.807, 2.05) is 102 Å². The summed E-state index contributed by atoms with van der Waals surface area (Å²) in [4.78, 5) is 56.6. The van der Waals surface area contributed by atoms with Gasteiger partial charge in [0.15, 0.2) is 6.10 Å². The van der Waals surface area contributed by atoms with Crippen molar-refractivity contribution < 1.29 is 24.0 Å². The number of nitro benzene ring substituents is 1. The summed E-state index contributed by atoms with van der Waals surface area (Å²) in [5.41, 5.74) is 3.69. The van der Waals surface area contributed by atoms with Gasteiger partial charge in [0, 0.05) is 17.8 Å². The predicted octanol–water partition coefficient (Wildman–Crippen LogP) is 5.63. The van der Waals surface area contributed by atoms with Gasteiger partial charge in [-0.05, 0) is 41.3 Å². The molecule has 0 N–H and O–H groups in total. The number of aryl methyl sites for hydroxylation is 1. The van der Waals surface area contributed by atoms with Crippen LogP contribution in [0.3, 0.4) is 0 Å². The Bertz CT molecular complexity index is 1800. The van der Waals surface area contributed by atoms with E-state index in [0.717, 1.165) is 27.3 Å². The topological polar surface area (TPSA) is 110 Å². The highest BCUT2D eigenvalue weighted by Gasteiger charge is 2.65. The molecule has 44 heavy (non-hydrogen) atoms. The van der Waals surface area contributed by atoms with E-state index in [1.165, 1.54) is 18.2 Å². The van der Waals surface area contributed by atoms with Gasteiger partial charge in [-0.1, -0.05) is 91.0 Å². The molecule has 0 saturated carbocycles. The van der Waals surface area contributed by atoms with Crippen LogP contribution in [0.15, 0.2) is 109 Å². The van der Waals surface area contributed by atoms with E-state index in [0.29, 0.717) is 5.56 Å². The van der Waals surface area contributed by atoms with Crippen LogP contribution in [0, 0.1) is 28.9 Å². The maximum atomic E-state index is 14.4. The number of carbonyl (C=O) groups excluding carboxylic acids is 3. The summed E-state index contributed by atoms with van der Waals surface area (Å²) < 4.78 is 6.31. The van der Waals surface area contributed by atoms with Crippen LogP contribution in [-0.2, 0) is 19.1 Å². The van der Waals surface area contributed by atoms with Crippen LogP contribution in [0.2, 0.25) is 0 Å². The number of amides is 2. The molecule has 0 aromatic heterocycles. The van der Waals surface area contributed by atoms with E-state index >= 15 is 0 Å². The summed E-state index contributed by atoms with van der Waals surface area (Å²) in [6.07, 6.45) is 3.05. The van der Waals surface area contributed by atoms with Crippen LogP contribution in [-0.4, -0.2) is 34.8 Å². The van der Waals surface area contributed by atoms with Crippen LogP contribution in [0.1, 0.15) is 28.4 Å². The molecule has 4 aromatic carbocycles. The number of anilines is 2. The molecule has 9 nitrogen and oxygen atoms in total. The first kappa shape index (κ1) is 27.3. The minimum Gasteiger partial charge on any atom is -0.451 e. The lowest BCUT2D eigenvalue weighted by atomic mass is 9.88. The van der Waals surface area contributed by atoms with Gasteiger partial charge in [-0.2, -0.15) is 0 Å². The second kappa shape index (κ2) is 10.6. The summed E-state index contributed by atoms with van der Waals surface area (Å²) in [5.74, 6) is -3.48. The monoisotopic (exact) mass is 585 g/mol. The molecule has 4 aromatic rings. The summed E-state index contributed by atoms with van der Waals surface area (Å²) >= 11 is 0. The second-order valence-corrected chi connectivity index (χ2v) is 11.2. The van der Waals surface area contributed by atoms with Gasteiger partial charge in [0.25, 0.3) is 5.69 Å². The minimum atomic E-state index is -1.09. The molecule has 7 rings (SSSR count). The first-order chi connectivity index (χ1) is 21.3. The molecule has 2 fully saturated rings. The third-order valence-electron chi connectivity index (χ3n) is 8.73. The Balaban J connectivity index is 1.32. The molecule has 0 spiro atoms. The Morgan fingerprint density at radius 2 is 1.43 bits per heavy atom. The van der Waals surface area contributed by atoms with E-state index in [2.05, 4.69) is 0 Å². The standard InChI is InChI=1S/C35H27N3O6/c1-21-20-25(38(42)43)17-19-26(21)37-33(39)29-28-18-16-22-10-8-9-15-27(22)36(28)31(30(29)34(37)40)35(41)44-32(23-11-4-2-5-12-23)24-13-6-3-7-14-24/h2-20,28-32H,1H3/t28-,29+,30+,31-/m0/s1. The Morgan fingerprint density at radius 3 is 2.07 bits per heavy atom. The van der Waals surface area contributed by atoms with Crippen molar-refractivity contribution in [3.05, 3.63) is 142 Å². The number of hydrogen-bond donors (Lipinski definition) is 0. The number of carbonyl (C=O) groups is 3. The molecule has 2 saturated heterocycles. The van der Waals surface area contributed by atoms with Crippen molar-refractivity contribution in [2.75, 3.05) is 9.80 Å². The van der Waals surface area contributed by atoms with Crippen molar-refractivity contribution in [1.82, 2.24) is 0 Å². The quantitative estimate of drug-likeness (QED) is 0.125. The number of rotatable bonds is 6. The van der Waals surface area contributed by atoms with Crippen LogP contribution >= 0.6 is 0 Å². The van der Waals surface area contributed by atoms with Crippen molar-refractivity contribution >= 4 is 40.9 Å². The highest BCUT2D eigenvalue weighted by Crippen LogP contribution is 2.50. The maximum Gasteiger partial charge on any atom is 0.330 e. The van der Waals surface area contributed by atoms with Gasteiger partial charge in [-0.25, -0.2) is 9.69 Å². The second-order valence-electron chi connectivity index (χ2n) is 11.2. The Hall–Kier alpha value is -5.57. The molecule has 3 aliphatic rings. The molecular weight excluding hydrogens is 558 g/mol. The van der Waals surface area contributed by atoms with Gasteiger partial charge in [0.1, 0.15) is 6.04 Å². The van der Waals surface area contributed by atoms with Gasteiger partial charge in [0.2, 0.25) is 11.8 Å². The number of imide groups is 1. The van der Waals surface area contributed by atoms with Crippen molar-refractivity contribution in [2.45, 2.75) is 25.1 Å². The third kappa shape index (κ3) is 4.27. The predicted molar refractivity (Wildman–Crippen MR) is 164 cm³/mol. The van der Waals surface area contributed by atoms with Gasteiger partial charge in [-0.3, -0.25) is 19.7 Å². The fraction of sp³-hybridized carbons (Fsp3) is 0.171. The molecule has 0 aliphatic carbocycles. The Labute approximate surface area is 253 Å². The normalized spacial score (nSPS) is 21.7. The number of para-hydroxylation sites is 1. The van der Waals surface area contributed by atoms with Gasteiger partial charge >= 0.3 is 5.97 Å². The summed E-state index contributed by atoms with van der Waals surface area (Å²) in [7, 11) is 0. The van der Waals surface area contributed by atoms with E-state index in [9.17, 15) is 24.5 Å². The number of hydrogen-bond acceptors (Lipinski definition) is 7. The zero-order valence-corrected chi connectivity index (χ0v) is 23.6. The lowest BCUT2D eigenvalue weighted by Crippen LogP contribution is -2.49. The Kier molecular flexibility index (Phi) is 6.58. The summed E-state index contributed by atoms with van der Waals surface area (Å²) in [6.45, 7) is 1.62. The van der Waals surface area contributed by atoms with Crippen molar-refractivity contribution in [2.24, 2.45) is 11.8 Å². The largest absolute Gasteiger partial charge is 0.451 e. The summed E-state index contributed by atoms with van der Waals surface area (Å²) in [6, 6.07) is 28.7. The number of benzene rings is 4. The Morgan fingerprint density at radius 1 is 0.818 bits per heavy atom. The number of esters is 1. The van der Waals surface area contributed by atoms with Crippen LogP contribution in [0.25, 0.3) is 6.08 Å². The first-order valence-corrected chi connectivity index (χ1v) is 14.3. The maximum absolute atomic E-state index is 14.4. The van der Waals surface area contributed by atoms with E-state index in [4.69, 9.17) is 4.74 Å². The lowest BCUT2D eigenvalue weighted by molar-refractivity contribution is -0.384. The van der Waals surface area contributed by atoms with Crippen molar-refractivity contribution in [3.8, 4) is 0 Å². The van der Waals surface area contributed by atoms with Gasteiger partial charge < -0.3 is 9.64 Å². The van der Waals surface area contributed by atoms with Crippen LogP contribution in [0.5, 0.6) is 0 Å². The van der Waals surface area contributed by atoms with Crippen LogP contribution in [0.4, 0.5) is 17.1 Å². The summed E-state index contributed by atoms with van der Waals surface area (Å²) in [5, 5.41) is 11.3. The van der Waals surface area contributed by atoms with Gasteiger partial charge in [-0.15, -0.1) is 0 Å². The molecule has 3 aliphatic heterocycles. The number of non-ortho nitro benzene ring substituents is 1. The molecule has 3 heterocycles. The smallest absolute Gasteiger partial charge is 0.330 e. The molecule has 4 atom stereocenters. The zero-order valence-electron chi connectivity index (χ0n) is 23.6. The highest BCUT2D eigenvalue weighted by atomic mass is 16.6. The fourth-order valence-electron chi connectivity index (χ4n) is 6.80. The van der Waals surface area contributed by atoms with E-state index in [-0.39, 0.29) is 11.4 Å². The average molecular weight is 586 g/mol. The van der Waals surface area contributed by atoms with Crippen molar-refractivity contribution in [3.63, 3.8) is 0 Å². The minimum absolute atomic E-state index is 0.141. The van der Waals surface area contributed by atoms with Crippen LogP contribution < -0.4 is 9.80 Å². The number of fused-ring (bicyclic) bond motifs is 5. The lowest BCUT2D eigenvalue weighted by Gasteiger charge is -2.36. The molecule has 9 heteroatoms. The zero-order chi connectivity index (χ0) is 30.5. The average Bonchev–Trinajstić information content (AvgIpc) is 3.53. The third-order valence-corrected chi connectivity index (χ3v) is 8.73. The van der Waals surface area contributed by atoms with E-state index < -0.39 is 52.7 Å². The molecular formula is C35H27N3O6. The fourth-order valence-corrected chi connectivity index (χ4v) is 6.80. The number of nitro groups is 1. The molecule has 0 bridgehead atoms. The van der Waals surface area contributed by atoms with E-state index in [1.54, 1.807) is 6.92 Å². The number of ether oxygens (including phenoxy) is 1. The number of nitrogens with zero attached hydrogens (tertiary/aromatic N) is 3. The molecule has 0 unspecified atom stereocenters. The van der Waals surface area contributed by atoms with Crippen molar-refractivity contribution in [1.29, 1.82) is 0 Å². The highest BCUT2D eigenvalue weighted by molar-refractivity contribution is 6.25. The SMILES string of the molecule is Cc1cc([N+](=O)[O-])ccc1N1C(=O)[C@@H]2[C@H](C1=O)[C@@H]1C=Cc3ccccc3N1[C@@H]2C(=O)OC(c1ccccc1)c1ccccc1. The molecule has 218 valence electrons. The first-order valence-electron chi connectivity index (χ1n) is 14.3. The van der Waals surface area contributed by atoms with Gasteiger partial charge in [0.05, 0.1) is 28.5 Å². The molecule has 0 radical (unpaired) electrons. The molecule has 2 amide bonds.